The van der Waals surface area contributed by atoms with E-state index in [1.807, 2.05) is 24.3 Å². The Labute approximate surface area is 152 Å². The van der Waals surface area contributed by atoms with Gasteiger partial charge in [-0.1, -0.05) is 12.1 Å². The molecule has 0 bridgehead atoms. The second-order valence-electron chi connectivity index (χ2n) is 5.46. The number of thioether (sulfide) groups is 1. The van der Waals surface area contributed by atoms with Crippen LogP contribution in [0, 0.1) is 0 Å². The van der Waals surface area contributed by atoms with Crippen LogP contribution >= 0.6 is 11.8 Å². The van der Waals surface area contributed by atoms with E-state index in [0.29, 0.717) is 13.2 Å². The first kappa shape index (κ1) is 17.9. The third kappa shape index (κ3) is 4.21. The first-order valence-electron chi connectivity index (χ1n) is 8.00. The van der Waals surface area contributed by atoms with E-state index in [0.717, 1.165) is 33.5 Å². The van der Waals surface area contributed by atoms with Crippen molar-refractivity contribution < 1.29 is 23.7 Å². The fourth-order valence-corrected chi connectivity index (χ4v) is 3.68. The van der Waals surface area contributed by atoms with Gasteiger partial charge in [0.1, 0.15) is 17.2 Å². The van der Waals surface area contributed by atoms with Crippen molar-refractivity contribution in [3.63, 3.8) is 0 Å². The van der Waals surface area contributed by atoms with Crippen molar-refractivity contribution in [2.24, 2.45) is 0 Å². The van der Waals surface area contributed by atoms with E-state index in [2.05, 4.69) is 12.1 Å². The van der Waals surface area contributed by atoms with Gasteiger partial charge in [-0.05, 0) is 29.8 Å². The smallest absolute Gasteiger partial charge is 0.184 e. The van der Waals surface area contributed by atoms with Gasteiger partial charge in [-0.25, -0.2) is 0 Å². The topological polar surface area (TPSA) is 46.2 Å². The molecule has 0 aromatic heterocycles. The van der Waals surface area contributed by atoms with E-state index >= 15 is 0 Å². The van der Waals surface area contributed by atoms with E-state index in [1.54, 1.807) is 33.1 Å². The Morgan fingerprint density at radius 1 is 0.920 bits per heavy atom. The van der Waals surface area contributed by atoms with Crippen LogP contribution in [0.2, 0.25) is 0 Å². The van der Waals surface area contributed by atoms with Gasteiger partial charge in [0, 0.05) is 11.3 Å². The van der Waals surface area contributed by atoms with Gasteiger partial charge in [0.2, 0.25) is 0 Å². The minimum Gasteiger partial charge on any atom is -0.497 e. The van der Waals surface area contributed by atoms with Crippen molar-refractivity contribution in [3.05, 3.63) is 47.5 Å². The molecule has 1 saturated heterocycles. The lowest BCUT2D eigenvalue weighted by molar-refractivity contribution is -0.0443. The van der Waals surface area contributed by atoms with Crippen molar-refractivity contribution in [3.8, 4) is 17.2 Å². The van der Waals surface area contributed by atoms with Crippen LogP contribution in [0.1, 0.15) is 17.4 Å². The maximum absolute atomic E-state index is 5.58. The van der Waals surface area contributed by atoms with Crippen molar-refractivity contribution in [2.45, 2.75) is 16.9 Å². The SMILES string of the molecule is COc1ccc(CSc2c(OC)cc(C3OCCO3)cc2OC)cc1. The van der Waals surface area contributed by atoms with Gasteiger partial charge in [0.25, 0.3) is 0 Å². The summed E-state index contributed by atoms with van der Waals surface area (Å²) in [7, 11) is 4.98. The van der Waals surface area contributed by atoms with Crippen molar-refractivity contribution in [1.82, 2.24) is 0 Å². The highest BCUT2D eigenvalue weighted by molar-refractivity contribution is 7.98. The molecule has 0 atom stereocenters. The lowest BCUT2D eigenvalue weighted by atomic mass is 10.2. The summed E-state index contributed by atoms with van der Waals surface area (Å²) in [6.45, 7) is 1.20. The second-order valence-corrected chi connectivity index (χ2v) is 6.45. The number of hydrogen-bond donors (Lipinski definition) is 0. The number of ether oxygens (including phenoxy) is 5. The molecular formula is C19H22O5S. The molecule has 25 heavy (non-hydrogen) atoms. The van der Waals surface area contributed by atoms with E-state index in [4.69, 9.17) is 23.7 Å². The van der Waals surface area contributed by atoms with E-state index in [9.17, 15) is 0 Å². The molecule has 1 fully saturated rings. The van der Waals surface area contributed by atoms with Crippen LogP contribution in [0.25, 0.3) is 0 Å². The molecule has 0 N–H and O–H groups in total. The Bertz CT molecular complexity index is 670. The normalized spacial score (nSPS) is 14.5. The molecule has 134 valence electrons. The van der Waals surface area contributed by atoms with Crippen LogP contribution < -0.4 is 14.2 Å². The average molecular weight is 362 g/mol. The Balaban J connectivity index is 1.80. The lowest BCUT2D eigenvalue weighted by Gasteiger charge is -2.17. The molecule has 5 nitrogen and oxygen atoms in total. The summed E-state index contributed by atoms with van der Waals surface area (Å²) in [5.74, 6) is 3.16. The zero-order valence-corrected chi connectivity index (χ0v) is 15.4. The molecule has 1 aliphatic rings. The average Bonchev–Trinajstić information content (AvgIpc) is 3.20. The summed E-state index contributed by atoms with van der Waals surface area (Å²) in [6.07, 6.45) is -0.358. The summed E-state index contributed by atoms with van der Waals surface area (Å²) < 4.78 is 27.5. The van der Waals surface area contributed by atoms with Gasteiger partial charge in [0.15, 0.2) is 6.29 Å². The van der Waals surface area contributed by atoms with Crippen molar-refractivity contribution in [2.75, 3.05) is 34.5 Å². The fourth-order valence-electron chi connectivity index (χ4n) is 2.61. The van der Waals surface area contributed by atoms with E-state index in [-0.39, 0.29) is 6.29 Å². The Kier molecular flexibility index (Phi) is 6.07. The molecule has 0 saturated carbocycles. The monoisotopic (exact) mass is 362 g/mol. The van der Waals surface area contributed by atoms with Crippen LogP contribution in [0.5, 0.6) is 17.2 Å². The van der Waals surface area contributed by atoms with Crippen molar-refractivity contribution >= 4 is 11.8 Å². The standard InChI is InChI=1S/C19H22O5S/c1-20-15-6-4-13(5-7-15)12-25-18-16(21-2)10-14(11-17(18)22-3)19-23-8-9-24-19/h4-7,10-11,19H,8-9,12H2,1-3H3. The second kappa shape index (κ2) is 8.47. The van der Waals surface area contributed by atoms with Gasteiger partial charge in [-0.2, -0.15) is 0 Å². The molecule has 0 radical (unpaired) electrons. The predicted molar refractivity (Wildman–Crippen MR) is 96.7 cm³/mol. The first-order chi connectivity index (χ1) is 12.2. The third-order valence-electron chi connectivity index (χ3n) is 3.92. The molecular weight excluding hydrogens is 340 g/mol. The summed E-state index contributed by atoms with van der Waals surface area (Å²) >= 11 is 1.67. The molecule has 6 heteroatoms. The maximum atomic E-state index is 5.58. The number of benzene rings is 2. The van der Waals surface area contributed by atoms with Crippen molar-refractivity contribution in [1.29, 1.82) is 0 Å². The molecule has 0 amide bonds. The highest BCUT2D eigenvalue weighted by Gasteiger charge is 2.22. The first-order valence-corrected chi connectivity index (χ1v) is 8.98. The summed E-state index contributed by atoms with van der Waals surface area (Å²) in [4.78, 5) is 0.961. The van der Waals surface area contributed by atoms with Crippen LogP contribution in [0.3, 0.4) is 0 Å². The summed E-state index contributed by atoms with van der Waals surface area (Å²) in [5, 5.41) is 0. The Morgan fingerprint density at radius 3 is 2.04 bits per heavy atom. The number of hydrogen-bond acceptors (Lipinski definition) is 6. The van der Waals surface area contributed by atoms with Gasteiger partial charge >= 0.3 is 0 Å². The van der Waals surface area contributed by atoms with Crippen LogP contribution in [-0.4, -0.2) is 34.5 Å². The zero-order chi connectivity index (χ0) is 17.6. The molecule has 2 aromatic rings. The molecule has 2 aromatic carbocycles. The quantitative estimate of drug-likeness (QED) is 0.693. The van der Waals surface area contributed by atoms with Crippen LogP contribution in [0.4, 0.5) is 0 Å². The molecule has 0 aliphatic carbocycles. The van der Waals surface area contributed by atoms with Gasteiger partial charge in [0.05, 0.1) is 39.4 Å². The Morgan fingerprint density at radius 2 is 1.52 bits per heavy atom. The highest BCUT2D eigenvalue weighted by atomic mass is 32.2. The predicted octanol–water partition coefficient (Wildman–Crippen LogP) is 4.05. The number of methoxy groups -OCH3 is 3. The lowest BCUT2D eigenvalue weighted by Crippen LogP contribution is -2.01. The van der Waals surface area contributed by atoms with Gasteiger partial charge in [-0.15, -0.1) is 11.8 Å². The minimum absolute atomic E-state index is 0.358. The highest BCUT2D eigenvalue weighted by Crippen LogP contribution is 2.42. The molecule has 1 aliphatic heterocycles. The zero-order valence-electron chi connectivity index (χ0n) is 14.6. The van der Waals surface area contributed by atoms with E-state index < -0.39 is 0 Å². The summed E-state index contributed by atoms with van der Waals surface area (Å²) in [5.41, 5.74) is 2.10. The molecule has 3 rings (SSSR count). The van der Waals surface area contributed by atoms with Gasteiger partial charge < -0.3 is 23.7 Å². The van der Waals surface area contributed by atoms with Gasteiger partial charge in [-0.3, -0.25) is 0 Å². The Hall–Kier alpha value is -1.89. The van der Waals surface area contributed by atoms with Crippen LogP contribution in [-0.2, 0) is 15.2 Å². The largest absolute Gasteiger partial charge is 0.497 e. The third-order valence-corrected chi connectivity index (χ3v) is 5.09. The molecule has 0 unspecified atom stereocenters. The molecule has 0 spiro atoms. The number of rotatable bonds is 7. The molecule has 1 heterocycles. The minimum atomic E-state index is -0.358. The van der Waals surface area contributed by atoms with Crippen LogP contribution in [0.15, 0.2) is 41.3 Å². The van der Waals surface area contributed by atoms with E-state index in [1.165, 1.54) is 5.56 Å². The fraction of sp³-hybridized carbons (Fsp3) is 0.368. The maximum Gasteiger partial charge on any atom is 0.184 e. The summed E-state index contributed by atoms with van der Waals surface area (Å²) in [6, 6.07) is 11.9.